The number of amides is 1. The second-order valence-corrected chi connectivity index (χ2v) is 7.94. The molecule has 0 atom stereocenters. The Morgan fingerprint density at radius 3 is 2.21 bits per heavy atom. The number of hydrogen-bond acceptors (Lipinski definition) is 5. The summed E-state index contributed by atoms with van der Waals surface area (Å²) in [6, 6.07) is 23.5. The fourth-order valence-corrected chi connectivity index (χ4v) is 3.97. The zero-order chi connectivity index (χ0) is 23.4. The van der Waals surface area contributed by atoms with E-state index in [0.717, 1.165) is 11.1 Å². The molecule has 3 aromatic carbocycles. The molecule has 0 saturated carbocycles. The largest absolute Gasteiger partial charge is 0.419 e. The first-order valence-electron chi connectivity index (χ1n) is 10.6. The van der Waals surface area contributed by atoms with Gasteiger partial charge in [0.15, 0.2) is 5.58 Å². The summed E-state index contributed by atoms with van der Waals surface area (Å²) in [6.07, 6.45) is 0.596. The van der Waals surface area contributed by atoms with Crippen molar-refractivity contribution in [3.63, 3.8) is 0 Å². The van der Waals surface area contributed by atoms with E-state index in [2.05, 4.69) is 5.32 Å². The van der Waals surface area contributed by atoms with E-state index < -0.39 is 16.2 Å². The van der Waals surface area contributed by atoms with E-state index in [9.17, 15) is 19.7 Å². The lowest BCUT2D eigenvalue weighted by Crippen LogP contribution is -2.44. The number of rotatable bonds is 8. The van der Waals surface area contributed by atoms with Gasteiger partial charge < -0.3 is 9.73 Å². The van der Waals surface area contributed by atoms with Crippen LogP contribution < -0.4 is 11.1 Å². The molecule has 168 valence electrons. The molecular formula is C25H23N3O5. The molecule has 0 aliphatic heterocycles. The average molecular weight is 445 g/mol. The molecule has 0 aliphatic carbocycles. The fourth-order valence-electron chi connectivity index (χ4n) is 3.97. The third-order valence-corrected chi connectivity index (χ3v) is 5.74. The first-order valence-corrected chi connectivity index (χ1v) is 10.6. The minimum atomic E-state index is -0.711. The number of aromatic nitrogens is 1. The Labute approximate surface area is 189 Å². The third-order valence-electron chi connectivity index (χ3n) is 5.74. The number of carbonyl (C=O) groups excluding carboxylic acids is 1. The van der Waals surface area contributed by atoms with E-state index in [0.29, 0.717) is 11.9 Å². The summed E-state index contributed by atoms with van der Waals surface area (Å²) in [5.74, 6) is -0.758. The van der Waals surface area contributed by atoms with Crippen LogP contribution in [-0.2, 0) is 16.9 Å². The number of nitro groups is 1. The zero-order valence-corrected chi connectivity index (χ0v) is 18.1. The molecule has 1 aromatic heterocycles. The Hall–Kier alpha value is -4.20. The number of non-ortho nitro benzene ring substituents is 1. The van der Waals surface area contributed by atoms with Gasteiger partial charge in [0.05, 0.1) is 22.0 Å². The summed E-state index contributed by atoms with van der Waals surface area (Å²) in [5, 5.41) is 14.1. The van der Waals surface area contributed by atoms with E-state index in [-0.39, 0.29) is 30.1 Å². The third kappa shape index (κ3) is 4.55. The first kappa shape index (κ1) is 22.0. The van der Waals surface area contributed by atoms with Gasteiger partial charge in [-0.3, -0.25) is 19.5 Å². The van der Waals surface area contributed by atoms with Crippen LogP contribution in [-0.4, -0.2) is 15.4 Å². The molecule has 4 aromatic rings. The standard InChI is InChI=1S/C25H23N3O5/c1-25(18-9-4-2-5-10-18,19-11-6-3-7-12-19)26-23(29)13-8-16-27-21-15-14-20(28(31)32)17-22(21)33-24(27)30/h2-7,9-12,14-15,17H,8,13,16H2,1H3,(H,26,29). The van der Waals surface area contributed by atoms with E-state index in [1.807, 2.05) is 67.6 Å². The molecule has 8 nitrogen and oxygen atoms in total. The van der Waals surface area contributed by atoms with Crippen molar-refractivity contribution in [3.05, 3.63) is 111 Å². The van der Waals surface area contributed by atoms with Gasteiger partial charge in [-0.1, -0.05) is 60.7 Å². The van der Waals surface area contributed by atoms with Gasteiger partial charge in [0, 0.05) is 19.0 Å². The van der Waals surface area contributed by atoms with Crippen LogP contribution in [0.1, 0.15) is 30.9 Å². The maximum atomic E-state index is 12.9. The van der Waals surface area contributed by atoms with Gasteiger partial charge in [-0.05, 0) is 30.5 Å². The predicted octanol–water partition coefficient (Wildman–Crippen LogP) is 4.36. The van der Waals surface area contributed by atoms with Crippen molar-refractivity contribution in [2.75, 3.05) is 0 Å². The molecule has 0 aliphatic rings. The summed E-state index contributed by atoms with van der Waals surface area (Å²) >= 11 is 0. The lowest BCUT2D eigenvalue weighted by molar-refractivity contribution is -0.384. The van der Waals surface area contributed by atoms with Crippen LogP contribution >= 0.6 is 0 Å². The van der Waals surface area contributed by atoms with Crippen LogP contribution in [0.25, 0.3) is 11.1 Å². The van der Waals surface area contributed by atoms with E-state index in [4.69, 9.17) is 4.42 Å². The molecule has 8 heteroatoms. The summed E-state index contributed by atoms with van der Waals surface area (Å²) in [4.78, 5) is 35.5. The highest BCUT2D eigenvalue weighted by Gasteiger charge is 2.30. The quantitative estimate of drug-likeness (QED) is 0.320. The van der Waals surface area contributed by atoms with Gasteiger partial charge in [-0.25, -0.2) is 4.79 Å². The number of nitrogens with one attached hydrogen (secondary N) is 1. The molecule has 1 amide bonds. The van der Waals surface area contributed by atoms with Gasteiger partial charge in [-0.2, -0.15) is 0 Å². The normalized spacial score (nSPS) is 11.4. The lowest BCUT2D eigenvalue weighted by Gasteiger charge is -2.32. The van der Waals surface area contributed by atoms with Gasteiger partial charge >= 0.3 is 5.76 Å². The van der Waals surface area contributed by atoms with Crippen molar-refractivity contribution in [1.29, 1.82) is 0 Å². The summed E-state index contributed by atoms with van der Waals surface area (Å²) in [6.45, 7) is 2.22. The fraction of sp³-hybridized carbons (Fsp3) is 0.200. The highest BCUT2D eigenvalue weighted by atomic mass is 16.6. The van der Waals surface area contributed by atoms with E-state index >= 15 is 0 Å². The molecule has 0 unspecified atom stereocenters. The summed E-state index contributed by atoms with van der Waals surface area (Å²) in [5.41, 5.74) is 1.68. The van der Waals surface area contributed by atoms with Gasteiger partial charge in [-0.15, -0.1) is 0 Å². The number of fused-ring (bicyclic) bond motifs is 1. The van der Waals surface area contributed by atoms with Crippen molar-refractivity contribution >= 4 is 22.7 Å². The number of benzene rings is 3. The van der Waals surface area contributed by atoms with Crippen LogP contribution in [0, 0.1) is 10.1 Å². The Morgan fingerprint density at radius 1 is 1.03 bits per heavy atom. The molecule has 33 heavy (non-hydrogen) atoms. The number of hydrogen-bond donors (Lipinski definition) is 1. The molecule has 0 saturated heterocycles. The lowest BCUT2D eigenvalue weighted by atomic mass is 9.84. The minimum absolute atomic E-state index is 0.149. The van der Waals surface area contributed by atoms with Crippen molar-refractivity contribution in [2.24, 2.45) is 0 Å². The number of oxazole rings is 1. The van der Waals surface area contributed by atoms with E-state index in [1.165, 1.54) is 22.8 Å². The first-order chi connectivity index (χ1) is 15.9. The van der Waals surface area contributed by atoms with Crippen LogP contribution in [0.3, 0.4) is 0 Å². The second-order valence-electron chi connectivity index (χ2n) is 7.94. The minimum Gasteiger partial charge on any atom is -0.407 e. The summed E-state index contributed by atoms with van der Waals surface area (Å²) in [7, 11) is 0. The van der Waals surface area contributed by atoms with Crippen molar-refractivity contribution in [3.8, 4) is 0 Å². The molecule has 0 spiro atoms. The Bertz CT molecular complexity index is 1300. The zero-order valence-electron chi connectivity index (χ0n) is 18.1. The average Bonchev–Trinajstić information content (AvgIpc) is 3.14. The topological polar surface area (TPSA) is 107 Å². The highest BCUT2D eigenvalue weighted by molar-refractivity contribution is 5.78. The monoisotopic (exact) mass is 445 g/mol. The van der Waals surface area contributed by atoms with Crippen LogP contribution in [0.5, 0.6) is 0 Å². The van der Waals surface area contributed by atoms with Crippen LogP contribution in [0.2, 0.25) is 0 Å². The molecule has 0 bridgehead atoms. The van der Waals surface area contributed by atoms with Gasteiger partial charge in [0.1, 0.15) is 0 Å². The summed E-state index contributed by atoms with van der Waals surface area (Å²) < 4.78 is 6.53. The Morgan fingerprint density at radius 2 is 1.64 bits per heavy atom. The molecule has 1 N–H and O–H groups in total. The van der Waals surface area contributed by atoms with Crippen molar-refractivity contribution in [1.82, 2.24) is 9.88 Å². The molecule has 1 heterocycles. The van der Waals surface area contributed by atoms with Crippen LogP contribution in [0.4, 0.5) is 5.69 Å². The SMILES string of the molecule is CC(NC(=O)CCCn1c(=O)oc2cc([N+](=O)[O-])ccc21)(c1ccccc1)c1ccccc1. The smallest absolute Gasteiger partial charge is 0.407 e. The molecule has 0 radical (unpaired) electrons. The van der Waals surface area contributed by atoms with E-state index in [1.54, 1.807) is 0 Å². The molecular weight excluding hydrogens is 422 g/mol. The number of nitro benzene ring substituents is 1. The number of aryl methyl sites for hydroxylation is 1. The van der Waals surface area contributed by atoms with Gasteiger partial charge in [0.2, 0.25) is 5.91 Å². The number of nitrogens with zero attached hydrogens (tertiary/aromatic N) is 2. The Kier molecular flexibility index (Phi) is 6.08. The van der Waals surface area contributed by atoms with Crippen molar-refractivity contribution in [2.45, 2.75) is 31.8 Å². The second kappa shape index (κ2) is 9.12. The highest BCUT2D eigenvalue weighted by Crippen LogP contribution is 2.29. The maximum Gasteiger partial charge on any atom is 0.419 e. The number of carbonyl (C=O) groups is 1. The molecule has 4 rings (SSSR count). The van der Waals surface area contributed by atoms with Crippen molar-refractivity contribution < 1.29 is 14.1 Å². The van der Waals surface area contributed by atoms with Crippen LogP contribution in [0.15, 0.2) is 88.1 Å². The predicted molar refractivity (Wildman–Crippen MR) is 124 cm³/mol. The Balaban J connectivity index is 1.48. The van der Waals surface area contributed by atoms with Gasteiger partial charge in [0.25, 0.3) is 5.69 Å². The molecule has 0 fully saturated rings. The maximum absolute atomic E-state index is 12.9.